The average molecular weight is 316 g/mol. The van der Waals surface area contributed by atoms with Crippen LogP contribution in [0.15, 0.2) is 24.3 Å². The molecule has 0 radical (unpaired) electrons. The topological polar surface area (TPSA) is 38.3 Å². The number of carbonyl (C=O) groups is 1. The summed E-state index contributed by atoms with van der Waals surface area (Å²) in [5.41, 5.74) is 0.594. The number of nitrogens with one attached hydrogen (secondary N) is 1. The molecule has 0 aliphatic rings. The smallest absolute Gasteiger partial charge is 0.325 e. The Hall–Kier alpha value is -0.710. The van der Waals surface area contributed by atoms with Crippen LogP contribution in [0.5, 0.6) is 0 Å². The van der Waals surface area contributed by atoms with Crippen LogP contribution in [-0.2, 0) is 15.3 Å². The standard InChI is InChI=1S/C15H22ClNO2S/c1-11(9-15(2,17-3)14(18)19-4)20-10-12-5-7-13(16)8-6-12/h5-8,11,17H,9-10H2,1-4H3. The van der Waals surface area contributed by atoms with Gasteiger partial charge in [0.25, 0.3) is 0 Å². The molecule has 2 unspecified atom stereocenters. The van der Waals surface area contributed by atoms with Crippen LogP contribution in [0.3, 0.4) is 0 Å². The van der Waals surface area contributed by atoms with Gasteiger partial charge in [0.1, 0.15) is 5.54 Å². The first-order valence-corrected chi connectivity index (χ1v) is 7.97. The lowest BCUT2D eigenvalue weighted by atomic mass is 9.96. The zero-order valence-electron chi connectivity index (χ0n) is 12.4. The number of methoxy groups -OCH3 is 1. The number of hydrogen-bond acceptors (Lipinski definition) is 4. The van der Waals surface area contributed by atoms with Gasteiger partial charge in [-0.05, 0) is 38.1 Å². The van der Waals surface area contributed by atoms with Crippen LogP contribution in [0, 0.1) is 0 Å². The summed E-state index contributed by atoms with van der Waals surface area (Å²) < 4.78 is 4.86. The second kappa shape index (κ2) is 7.91. The van der Waals surface area contributed by atoms with Crippen LogP contribution in [0.25, 0.3) is 0 Å². The monoisotopic (exact) mass is 315 g/mol. The summed E-state index contributed by atoms with van der Waals surface area (Å²) in [6.07, 6.45) is 0.717. The van der Waals surface area contributed by atoms with E-state index < -0.39 is 5.54 Å². The Kier molecular flexibility index (Phi) is 6.86. The van der Waals surface area contributed by atoms with Gasteiger partial charge in [0.2, 0.25) is 0 Å². The van der Waals surface area contributed by atoms with Crippen molar-refractivity contribution < 1.29 is 9.53 Å². The van der Waals surface area contributed by atoms with E-state index in [0.717, 1.165) is 10.8 Å². The Morgan fingerprint density at radius 2 is 2.05 bits per heavy atom. The number of likely N-dealkylation sites (N-methyl/N-ethyl adjacent to an activating group) is 1. The number of hydrogen-bond donors (Lipinski definition) is 1. The molecule has 1 rings (SSSR count). The average Bonchev–Trinajstić information content (AvgIpc) is 2.45. The zero-order valence-corrected chi connectivity index (χ0v) is 14.0. The van der Waals surface area contributed by atoms with E-state index in [0.29, 0.717) is 11.7 Å². The molecule has 20 heavy (non-hydrogen) atoms. The second-order valence-corrected chi connectivity index (χ2v) is 6.89. The highest BCUT2D eigenvalue weighted by molar-refractivity contribution is 7.99. The molecule has 0 amide bonds. The van der Waals surface area contributed by atoms with Gasteiger partial charge < -0.3 is 10.1 Å². The summed E-state index contributed by atoms with van der Waals surface area (Å²) in [5.74, 6) is 0.679. The van der Waals surface area contributed by atoms with Gasteiger partial charge in [-0.15, -0.1) is 0 Å². The minimum Gasteiger partial charge on any atom is -0.468 e. The van der Waals surface area contributed by atoms with E-state index in [1.54, 1.807) is 7.05 Å². The molecule has 3 nitrogen and oxygen atoms in total. The lowest BCUT2D eigenvalue weighted by Gasteiger charge is -2.28. The molecule has 0 saturated heterocycles. The first-order chi connectivity index (χ1) is 9.41. The predicted octanol–water partition coefficient (Wildman–Crippen LogP) is 3.50. The van der Waals surface area contributed by atoms with Crippen LogP contribution in [0.4, 0.5) is 0 Å². The molecule has 1 N–H and O–H groups in total. The number of rotatable bonds is 7. The summed E-state index contributed by atoms with van der Waals surface area (Å²) in [4.78, 5) is 11.8. The van der Waals surface area contributed by atoms with Crippen LogP contribution in [0.2, 0.25) is 5.02 Å². The van der Waals surface area contributed by atoms with Gasteiger partial charge in [0.05, 0.1) is 7.11 Å². The van der Waals surface area contributed by atoms with Crippen molar-refractivity contribution in [3.05, 3.63) is 34.9 Å². The van der Waals surface area contributed by atoms with Crippen molar-refractivity contribution in [1.82, 2.24) is 5.32 Å². The van der Waals surface area contributed by atoms with Gasteiger partial charge in [-0.25, -0.2) is 0 Å². The fourth-order valence-electron chi connectivity index (χ4n) is 1.97. The maximum atomic E-state index is 11.8. The second-order valence-electron chi connectivity index (χ2n) is 5.03. The van der Waals surface area contributed by atoms with Gasteiger partial charge in [0, 0.05) is 16.0 Å². The summed E-state index contributed by atoms with van der Waals surface area (Å²) >= 11 is 7.68. The summed E-state index contributed by atoms with van der Waals surface area (Å²) in [6.45, 7) is 4.00. The molecule has 0 spiro atoms. The molecule has 5 heteroatoms. The lowest BCUT2D eigenvalue weighted by Crippen LogP contribution is -2.49. The Balaban J connectivity index is 2.52. The third-order valence-corrected chi connectivity index (χ3v) is 4.82. The molecule has 0 aliphatic heterocycles. The number of halogens is 1. The van der Waals surface area contributed by atoms with E-state index in [1.165, 1.54) is 12.7 Å². The van der Waals surface area contributed by atoms with E-state index >= 15 is 0 Å². The maximum absolute atomic E-state index is 11.8. The number of ether oxygens (including phenoxy) is 1. The van der Waals surface area contributed by atoms with Crippen LogP contribution in [-0.4, -0.2) is 30.9 Å². The molecule has 0 heterocycles. The molecule has 0 aliphatic carbocycles. The molecule has 0 bridgehead atoms. The normalized spacial score (nSPS) is 15.4. The van der Waals surface area contributed by atoms with Crippen molar-refractivity contribution in [2.45, 2.75) is 36.8 Å². The van der Waals surface area contributed by atoms with Gasteiger partial charge in [-0.3, -0.25) is 4.79 Å². The highest BCUT2D eigenvalue weighted by atomic mass is 35.5. The highest BCUT2D eigenvalue weighted by Crippen LogP contribution is 2.26. The fraction of sp³-hybridized carbons (Fsp3) is 0.533. The minimum absolute atomic E-state index is 0.223. The molecule has 1 aromatic carbocycles. The van der Waals surface area contributed by atoms with Crippen molar-refractivity contribution in [3.63, 3.8) is 0 Å². The minimum atomic E-state index is -0.638. The quantitative estimate of drug-likeness (QED) is 0.782. The van der Waals surface area contributed by atoms with Crippen LogP contribution >= 0.6 is 23.4 Å². The lowest BCUT2D eigenvalue weighted by molar-refractivity contribution is -0.147. The van der Waals surface area contributed by atoms with E-state index in [4.69, 9.17) is 16.3 Å². The van der Waals surface area contributed by atoms with Gasteiger partial charge >= 0.3 is 5.97 Å². The van der Waals surface area contributed by atoms with E-state index in [2.05, 4.69) is 12.2 Å². The Labute approximate surface area is 130 Å². The number of thioether (sulfide) groups is 1. The van der Waals surface area contributed by atoms with Crippen molar-refractivity contribution in [1.29, 1.82) is 0 Å². The van der Waals surface area contributed by atoms with Gasteiger partial charge in [0.15, 0.2) is 0 Å². The maximum Gasteiger partial charge on any atom is 0.325 e. The number of esters is 1. The largest absolute Gasteiger partial charge is 0.468 e. The summed E-state index contributed by atoms with van der Waals surface area (Å²) in [5, 5.41) is 4.15. The molecule has 1 aromatic rings. The SMILES string of the molecule is CNC(C)(CC(C)SCc1ccc(Cl)cc1)C(=O)OC. The molecule has 0 aromatic heterocycles. The number of carbonyl (C=O) groups excluding carboxylic acids is 1. The van der Waals surface area contributed by atoms with Crippen LogP contribution < -0.4 is 5.32 Å². The predicted molar refractivity (Wildman–Crippen MR) is 86.3 cm³/mol. The van der Waals surface area contributed by atoms with E-state index in [-0.39, 0.29) is 5.97 Å². The van der Waals surface area contributed by atoms with Crippen molar-refractivity contribution >= 4 is 29.3 Å². The Bertz CT molecular complexity index is 438. The molecular formula is C15H22ClNO2S. The van der Waals surface area contributed by atoms with Crippen molar-refractivity contribution in [2.24, 2.45) is 0 Å². The van der Waals surface area contributed by atoms with Gasteiger partial charge in [-0.1, -0.05) is 30.7 Å². The number of benzene rings is 1. The third kappa shape index (κ3) is 5.00. The summed E-state index contributed by atoms with van der Waals surface area (Å²) in [6, 6.07) is 7.85. The third-order valence-electron chi connectivity index (χ3n) is 3.33. The molecule has 0 saturated carbocycles. The molecule has 0 fully saturated rings. The van der Waals surface area contributed by atoms with Crippen LogP contribution in [0.1, 0.15) is 25.8 Å². The highest BCUT2D eigenvalue weighted by Gasteiger charge is 2.34. The molecular weight excluding hydrogens is 294 g/mol. The van der Waals surface area contributed by atoms with Crippen molar-refractivity contribution in [3.8, 4) is 0 Å². The summed E-state index contributed by atoms with van der Waals surface area (Å²) in [7, 11) is 3.21. The fourth-order valence-corrected chi connectivity index (χ4v) is 3.21. The Morgan fingerprint density at radius 1 is 1.45 bits per heavy atom. The van der Waals surface area contributed by atoms with E-state index in [1.807, 2.05) is 43.0 Å². The molecule has 2 atom stereocenters. The van der Waals surface area contributed by atoms with Crippen molar-refractivity contribution in [2.75, 3.05) is 14.2 Å². The first-order valence-electron chi connectivity index (χ1n) is 6.54. The van der Waals surface area contributed by atoms with E-state index in [9.17, 15) is 4.79 Å². The first kappa shape index (κ1) is 17.3. The zero-order chi connectivity index (χ0) is 15.2. The molecule has 112 valence electrons. The Morgan fingerprint density at radius 3 is 2.55 bits per heavy atom. The van der Waals surface area contributed by atoms with Gasteiger partial charge in [-0.2, -0.15) is 11.8 Å².